The summed E-state index contributed by atoms with van der Waals surface area (Å²) in [5.41, 5.74) is 2.70. The summed E-state index contributed by atoms with van der Waals surface area (Å²) in [6, 6.07) is 0.625. The maximum absolute atomic E-state index is 5.53. The highest BCUT2D eigenvalue weighted by Gasteiger charge is 2.16. The average Bonchev–Trinajstić information content (AvgIpc) is 2.15. The number of nitrogens with two attached hydrogens (primary N) is 1. The Balaban J connectivity index is 4.67. The van der Waals surface area contributed by atoms with Gasteiger partial charge in [0.1, 0.15) is 0 Å². The van der Waals surface area contributed by atoms with Gasteiger partial charge in [-0.05, 0) is 41.8 Å². The molecule has 0 aromatic rings. The van der Waals surface area contributed by atoms with E-state index in [1.54, 1.807) is 0 Å². The molecule has 0 bridgehead atoms. The fourth-order valence-electron chi connectivity index (χ4n) is 1.74. The minimum absolute atomic E-state index is 0.242. The SMILES string of the molecule is CCN(C(=NC(C)C)NN)C(C)CN(C)C. The number of aliphatic imine (C=N–C) groups is 1. The molecule has 0 aromatic heterocycles. The maximum atomic E-state index is 5.53. The molecule has 0 aliphatic heterocycles. The Kier molecular flexibility index (Phi) is 7.08. The maximum Gasteiger partial charge on any atom is 0.208 e. The van der Waals surface area contributed by atoms with Crippen molar-refractivity contribution in [2.75, 3.05) is 27.2 Å². The molecule has 0 spiro atoms. The van der Waals surface area contributed by atoms with E-state index < -0.39 is 0 Å². The highest BCUT2D eigenvalue weighted by Crippen LogP contribution is 2.02. The first-order chi connectivity index (χ1) is 7.42. The second-order valence-electron chi connectivity index (χ2n) is 4.59. The second-order valence-corrected chi connectivity index (χ2v) is 4.59. The summed E-state index contributed by atoms with van der Waals surface area (Å²) < 4.78 is 0. The zero-order valence-electron chi connectivity index (χ0n) is 11.5. The van der Waals surface area contributed by atoms with Crippen LogP contribution in [0.1, 0.15) is 27.7 Å². The van der Waals surface area contributed by atoms with Crippen molar-refractivity contribution in [2.24, 2.45) is 10.8 Å². The predicted octanol–water partition coefficient (Wildman–Crippen LogP) is 0.486. The van der Waals surface area contributed by atoms with Crippen molar-refractivity contribution < 1.29 is 0 Å². The van der Waals surface area contributed by atoms with Crippen molar-refractivity contribution in [1.29, 1.82) is 0 Å². The molecule has 1 unspecified atom stereocenters. The van der Waals surface area contributed by atoms with Crippen molar-refractivity contribution in [3.63, 3.8) is 0 Å². The molecule has 0 aromatic carbocycles. The van der Waals surface area contributed by atoms with Gasteiger partial charge in [-0.25, -0.2) is 10.8 Å². The summed E-state index contributed by atoms with van der Waals surface area (Å²) in [7, 11) is 4.14. The summed E-state index contributed by atoms with van der Waals surface area (Å²) in [6.45, 7) is 10.2. The van der Waals surface area contributed by atoms with E-state index in [2.05, 4.69) is 48.2 Å². The lowest BCUT2D eigenvalue weighted by molar-refractivity contribution is 0.257. The monoisotopic (exact) mass is 229 g/mol. The lowest BCUT2D eigenvalue weighted by atomic mass is 10.2. The smallest absolute Gasteiger partial charge is 0.208 e. The minimum atomic E-state index is 0.242. The third-order valence-electron chi connectivity index (χ3n) is 2.28. The van der Waals surface area contributed by atoms with Crippen LogP contribution in [0, 0.1) is 0 Å². The van der Waals surface area contributed by atoms with Gasteiger partial charge < -0.3 is 9.80 Å². The van der Waals surface area contributed by atoms with E-state index >= 15 is 0 Å². The minimum Gasteiger partial charge on any atom is -0.338 e. The molecule has 0 radical (unpaired) electrons. The molecule has 0 fully saturated rings. The van der Waals surface area contributed by atoms with Crippen molar-refractivity contribution in [1.82, 2.24) is 15.2 Å². The van der Waals surface area contributed by atoms with Gasteiger partial charge in [0.05, 0.1) is 0 Å². The quantitative estimate of drug-likeness (QED) is 0.312. The number of nitrogens with one attached hydrogen (secondary N) is 1. The van der Waals surface area contributed by atoms with Crippen LogP contribution in [0.5, 0.6) is 0 Å². The molecule has 0 saturated carbocycles. The van der Waals surface area contributed by atoms with E-state index in [0.717, 1.165) is 19.0 Å². The van der Waals surface area contributed by atoms with Crippen LogP contribution in [0.2, 0.25) is 0 Å². The van der Waals surface area contributed by atoms with Gasteiger partial charge in [-0.3, -0.25) is 5.43 Å². The van der Waals surface area contributed by atoms with Crippen LogP contribution in [0.3, 0.4) is 0 Å². The van der Waals surface area contributed by atoms with Gasteiger partial charge in [0.15, 0.2) is 0 Å². The standard InChI is InChI=1S/C11H27N5/c1-7-16(10(4)8-15(5)6)11(14-12)13-9(2)3/h9-10H,7-8,12H2,1-6H3,(H,13,14). The molecule has 5 nitrogen and oxygen atoms in total. The predicted molar refractivity (Wildman–Crippen MR) is 70.3 cm³/mol. The topological polar surface area (TPSA) is 56.9 Å². The van der Waals surface area contributed by atoms with Gasteiger partial charge in [-0.15, -0.1) is 0 Å². The molecule has 0 aliphatic rings. The first-order valence-corrected chi connectivity index (χ1v) is 5.88. The molecule has 0 rings (SSSR count). The van der Waals surface area contributed by atoms with Crippen molar-refractivity contribution in [3.8, 4) is 0 Å². The Bertz CT molecular complexity index is 212. The molecular formula is C11H27N5. The Labute approximate surface area is 99.7 Å². The first kappa shape index (κ1) is 15.2. The molecule has 0 aliphatic carbocycles. The molecule has 0 amide bonds. The number of likely N-dealkylation sites (N-methyl/N-ethyl adjacent to an activating group) is 2. The van der Waals surface area contributed by atoms with Crippen molar-refractivity contribution in [3.05, 3.63) is 0 Å². The lowest BCUT2D eigenvalue weighted by Gasteiger charge is -2.32. The summed E-state index contributed by atoms with van der Waals surface area (Å²) in [6.07, 6.45) is 0. The number of hydrazine groups is 1. The van der Waals surface area contributed by atoms with Gasteiger partial charge in [-0.2, -0.15) is 0 Å². The number of hydrogen-bond acceptors (Lipinski definition) is 3. The highest BCUT2D eigenvalue weighted by molar-refractivity contribution is 5.79. The second kappa shape index (κ2) is 7.46. The Morgan fingerprint density at radius 1 is 1.31 bits per heavy atom. The van der Waals surface area contributed by atoms with Gasteiger partial charge >= 0.3 is 0 Å². The number of hydrogen-bond donors (Lipinski definition) is 2. The Morgan fingerprint density at radius 3 is 2.19 bits per heavy atom. The summed E-state index contributed by atoms with van der Waals surface area (Å²) in [5.74, 6) is 6.30. The van der Waals surface area contributed by atoms with E-state index in [1.807, 2.05) is 13.8 Å². The number of nitrogens with zero attached hydrogens (tertiary/aromatic N) is 3. The largest absolute Gasteiger partial charge is 0.338 e. The summed E-state index contributed by atoms with van der Waals surface area (Å²) in [5, 5.41) is 0. The third kappa shape index (κ3) is 5.32. The van der Waals surface area contributed by atoms with Crippen LogP contribution < -0.4 is 11.3 Å². The molecule has 5 heteroatoms. The van der Waals surface area contributed by atoms with Crippen LogP contribution in [0.25, 0.3) is 0 Å². The summed E-state index contributed by atoms with van der Waals surface area (Å²) in [4.78, 5) is 8.83. The zero-order valence-corrected chi connectivity index (χ0v) is 11.5. The average molecular weight is 229 g/mol. The fourth-order valence-corrected chi connectivity index (χ4v) is 1.74. The van der Waals surface area contributed by atoms with E-state index in [1.165, 1.54) is 0 Å². The normalized spacial score (nSPS) is 14.4. The van der Waals surface area contributed by atoms with Crippen molar-refractivity contribution >= 4 is 5.96 Å². The molecule has 0 saturated heterocycles. The first-order valence-electron chi connectivity index (χ1n) is 5.88. The van der Waals surface area contributed by atoms with Gasteiger partial charge in [0, 0.05) is 25.2 Å². The fraction of sp³-hybridized carbons (Fsp3) is 0.909. The molecule has 96 valence electrons. The zero-order chi connectivity index (χ0) is 12.7. The molecule has 3 N–H and O–H groups in total. The molecule has 1 atom stereocenters. The summed E-state index contributed by atoms with van der Waals surface area (Å²) >= 11 is 0. The van der Waals surface area contributed by atoms with Gasteiger partial charge in [-0.1, -0.05) is 0 Å². The Hall–Kier alpha value is -0.810. The van der Waals surface area contributed by atoms with Gasteiger partial charge in [0.2, 0.25) is 5.96 Å². The van der Waals surface area contributed by atoms with E-state index in [9.17, 15) is 0 Å². The molecule has 16 heavy (non-hydrogen) atoms. The van der Waals surface area contributed by atoms with Crippen LogP contribution in [0.4, 0.5) is 0 Å². The van der Waals surface area contributed by atoms with Crippen LogP contribution >= 0.6 is 0 Å². The van der Waals surface area contributed by atoms with E-state index in [-0.39, 0.29) is 6.04 Å². The van der Waals surface area contributed by atoms with Crippen LogP contribution in [-0.2, 0) is 0 Å². The van der Waals surface area contributed by atoms with E-state index in [4.69, 9.17) is 5.84 Å². The number of guanidine groups is 1. The van der Waals surface area contributed by atoms with Crippen LogP contribution in [0.15, 0.2) is 4.99 Å². The van der Waals surface area contributed by atoms with Gasteiger partial charge in [0.25, 0.3) is 0 Å². The molecular weight excluding hydrogens is 202 g/mol. The lowest BCUT2D eigenvalue weighted by Crippen LogP contribution is -2.51. The number of rotatable bonds is 5. The van der Waals surface area contributed by atoms with E-state index in [0.29, 0.717) is 6.04 Å². The molecule has 0 heterocycles. The Morgan fingerprint density at radius 2 is 1.88 bits per heavy atom. The highest BCUT2D eigenvalue weighted by atomic mass is 15.4. The third-order valence-corrected chi connectivity index (χ3v) is 2.28. The van der Waals surface area contributed by atoms with Crippen molar-refractivity contribution in [2.45, 2.75) is 39.8 Å². The van der Waals surface area contributed by atoms with Crippen LogP contribution in [-0.4, -0.2) is 55.0 Å².